The zero-order valence-corrected chi connectivity index (χ0v) is 9.96. The normalized spacial score (nSPS) is 14.8. The minimum atomic E-state index is -0.269. The van der Waals surface area contributed by atoms with Gasteiger partial charge in [-0.25, -0.2) is 0 Å². The highest BCUT2D eigenvalue weighted by molar-refractivity contribution is 6.09. The third-order valence-corrected chi connectivity index (χ3v) is 2.83. The van der Waals surface area contributed by atoms with E-state index in [1.807, 2.05) is 6.07 Å². The Bertz CT molecular complexity index is 458. The van der Waals surface area contributed by atoms with Gasteiger partial charge in [0.1, 0.15) is 0 Å². The lowest BCUT2D eigenvalue weighted by molar-refractivity contribution is -0.129. The molecule has 1 heterocycles. The van der Waals surface area contributed by atoms with Crippen LogP contribution in [0.1, 0.15) is 15.9 Å². The number of amides is 2. The fourth-order valence-corrected chi connectivity index (χ4v) is 1.95. The first-order valence-electron chi connectivity index (χ1n) is 5.85. The molecule has 0 aromatic heterocycles. The summed E-state index contributed by atoms with van der Waals surface area (Å²) >= 11 is 0. The molecule has 2 rings (SSSR count). The van der Waals surface area contributed by atoms with Gasteiger partial charge in [-0.05, 0) is 11.6 Å². The van der Waals surface area contributed by atoms with E-state index in [1.54, 1.807) is 18.2 Å². The molecule has 0 fully saturated rings. The van der Waals surface area contributed by atoms with Crippen LogP contribution in [0.4, 0.5) is 0 Å². The number of rotatable bonds is 5. The summed E-state index contributed by atoms with van der Waals surface area (Å²) in [5.74, 6) is -0.472. The van der Waals surface area contributed by atoms with Crippen LogP contribution in [0.2, 0.25) is 0 Å². The van der Waals surface area contributed by atoms with Gasteiger partial charge in [0.15, 0.2) is 0 Å². The molecule has 5 nitrogen and oxygen atoms in total. The largest absolute Gasteiger partial charge is 0.394 e. The summed E-state index contributed by atoms with van der Waals surface area (Å²) in [6.07, 6.45) is 0.252. The first-order chi connectivity index (χ1) is 8.74. The van der Waals surface area contributed by atoms with E-state index in [1.165, 1.54) is 4.90 Å². The van der Waals surface area contributed by atoms with Crippen LogP contribution in [0.25, 0.3) is 0 Å². The van der Waals surface area contributed by atoms with Crippen molar-refractivity contribution >= 4 is 11.8 Å². The molecule has 0 radical (unpaired) electrons. The molecule has 1 aromatic carbocycles. The molecule has 0 aliphatic carbocycles. The van der Waals surface area contributed by atoms with Crippen molar-refractivity contribution in [1.29, 1.82) is 0 Å². The number of fused-ring (bicyclic) bond motifs is 1. The van der Waals surface area contributed by atoms with E-state index in [9.17, 15) is 9.59 Å². The molecule has 1 aromatic rings. The maximum atomic E-state index is 12.1. The fourth-order valence-electron chi connectivity index (χ4n) is 1.95. The molecule has 0 saturated carbocycles. The van der Waals surface area contributed by atoms with Crippen molar-refractivity contribution < 1.29 is 19.4 Å². The van der Waals surface area contributed by atoms with Crippen LogP contribution in [0.3, 0.4) is 0 Å². The zero-order chi connectivity index (χ0) is 13.0. The third-order valence-electron chi connectivity index (χ3n) is 2.83. The fraction of sp³-hybridized carbons (Fsp3) is 0.385. The quantitative estimate of drug-likeness (QED) is 0.599. The SMILES string of the molecule is O=C1Cc2ccccc2C(=O)N1CCOCCO. The van der Waals surface area contributed by atoms with E-state index in [0.29, 0.717) is 5.56 Å². The van der Waals surface area contributed by atoms with E-state index in [0.717, 1.165) is 5.56 Å². The number of nitrogens with zero attached hydrogens (tertiary/aromatic N) is 1. The van der Waals surface area contributed by atoms with Gasteiger partial charge in [0.2, 0.25) is 5.91 Å². The Balaban J connectivity index is 2.05. The zero-order valence-electron chi connectivity index (χ0n) is 9.96. The molecule has 1 aliphatic heterocycles. The van der Waals surface area contributed by atoms with E-state index in [-0.39, 0.29) is 44.6 Å². The van der Waals surface area contributed by atoms with Crippen molar-refractivity contribution in [2.45, 2.75) is 6.42 Å². The van der Waals surface area contributed by atoms with Gasteiger partial charge in [-0.3, -0.25) is 14.5 Å². The van der Waals surface area contributed by atoms with Crippen molar-refractivity contribution in [3.63, 3.8) is 0 Å². The average Bonchev–Trinajstić information content (AvgIpc) is 2.38. The number of aliphatic hydroxyl groups excluding tert-OH is 1. The lowest BCUT2D eigenvalue weighted by Gasteiger charge is -2.26. The highest BCUT2D eigenvalue weighted by Crippen LogP contribution is 2.19. The van der Waals surface area contributed by atoms with Crippen LogP contribution < -0.4 is 0 Å². The van der Waals surface area contributed by atoms with Gasteiger partial charge < -0.3 is 9.84 Å². The summed E-state index contributed by atoms with van der Waals surface area (Å²) in [6.45, 7) is 0.629. The summed E-state index contributed by atoms with van der Waals surface area (Å²) in [4.78, 5) is 25.1. The molecule has 18 heavy (non-hydrogen) atoms. The first-order valence-corrected chi connectivity index (χ1v) is 5.85. The Kier molecular flexibility index (Phi) is 4.07. The number of hydrogen-bond donors (Lipinski definition) is 1. The third kappa shape index (κ3) is 2.57. The van der Waals surface area contributed by atoms with E-state index < -0.39 is 0 Å². The van der Waals surface area contributed by atoms with Crippen molar-refractivity contribution in [3.8, 4) is 0 Å². The summed E-state index contributed by atoms with van der Waals surface area (Å²) in [5.41, 5.74) is 1.36. The van der Waals surface area contributed by atoms with Crippen LogP contribution >= 0.6 is 0 Å². The predicted octanol–water partition coefficient (Wildman–Crippen LogP) is 0.220. The molecule has 0 spiro atoms. The van der Waals surface area contributed by atoms with Crippen molar-refractivity contribution in [3.05, 3.63) is 35.4 Å². The Morgan fingerprint density at radius 3 is 2.78 bits per heavy atom. The Morgan fingerprint density at radius 1 is 1.22 bits per heavy atom. The van der Waals surface area contributed by atoms with Gasteiger partial charge in [0, 0.05) is 5.56 Å². The molecule has 0 atom stereocenters. The number of ether oxygens (including phenoxy) is 1. The number of carbonyl (C=O) groups excluding carboxylic acids is 2. The Morgan fingerprint density at radius 2 is 2.00 bits per heavy atom. The van der Waals surface area contributed by atoms with Crippen LogP contribution in [0, 0.1) is 0 Å². The maximum Gasteiger partial charge on any atom is 0.260 e. The molecule has 0 saturated heterocycles. The standard InChI is InChI=1S/C13H15NO4/c15-6-8-18-7-5-14-12(16)9-10-3-1-2-4-11(10)13(14)17/h1-4,15H,5-9H2. The highest BCUT2D eigenvalue weighted by atomic mass is 16.5. The number of imide groups is 1. The van der Waals surface area contributed by atoms with Crippen LogP contribution in [-0.2, 0) is 16.0 Å². The Hall–Kier alpha value is -1.72. The van der Waals surface area contributed by atoms with Crippen LogP contribution in [-0.4, -0.2) is 48.2 Å². The van der Waals surface area contributed by atoms with Gasteiger partial charge in [0.05, 0.1) is 32.8 Å². The van der Waals surface area contributed by atoms with Crippen molar-refractivity contribution in [2.24, 2.45) is 0 Å². The van der Waals surface area contributed by atoms with Crippen molar-refractivity contribution in [2.75, 3.05) is 26.4 Å². The monoisotopic (exact) mass is 249 g/mol. The second-order valence-corrected chi connectivity index (χ2v) is 4.02. The number of hydrogen-bond acceptors (Lipinski definition) is 4. The van der Waals surface area contributed by atoms with Gasteiger partial charge in [-0.1, -0.05) is 18.2 Å². The average molecular weight is 249 g/mol. The molecular weight excluding hydrogens is 234 g/mol. The first kappa shape index (κ1) is 12.7. The topological polar surface area (TPSA) is 66.8 Å². The maximum absolute atomic E-state index is 12.1. The number of carbonyl (C=O) groups is 2. The van der Waals surface area contributed by atoms with E-state index in [2.05, 4.69) is 0 Å². The molecular formula is C13H15NO4. The van der Waals surface area contributed by atoms with E-state index in [4.69, 9.17) is 9.84 Å². The number of aliphatic hydroxyl groups is 1. The van der Waals surface area contributed by atoms with Gasteiger partial charge in [0.25, 0.3) is 5.91 Å². The Labute approximate surface area is 105 Å². The van der Waals surface area contributed by atoms with Crippen LogP contribution in [0.15, 0.2) is 24.3 Å². The molecule has 0 bridgehead atoms. The van der Waals surface area contributed by atoms with E-state index >= 15 is 0 Å². The number of benzene rings is 1. The molecule has 96 valence electrons. The van der Waals surface area contributed by atoms with Crippen LogP contribution in [0.5, 0.6) is 0 Å². The summed E-state index contributed by atoms with van der Waals surface area (Å²) in [7, 11) is 0. The lowest BCUT2D eigenvalue weighted by atomic mass is 9.99. The second-order valence-electron chi connectivity index (χ2n) is 4.02. The van der Waals surface area contributed by atoms with Gasteiger partial charge >= 0.3 is 0 Å². The molecule has 1 aliphatic rings. The smallest absolute Gasteiger partial charge is 0.260 e. The second kappa shape index (κ2) is 5.75. The summed E-state index contributed by atoms with van der Waals surface area (Å²) in [5, 5.41) is 8.56. The summed E-state index contributed by atoms with van der Waals surface area (Å²) in [6, 6.07) is 7.13. The molecule has 1 N–H and O–H groups in total. The van der Waals surface area contributed by atoms with Gasteiger partial charge in [-0.15, -0.1) is 0 Å². The minimum Gasteiger partial charge on any atom is -0.394 e. The predicted molar refractivity (Wildman–Crippen MR) is 64.1 cm³/mol. The lowest BCUT2D eigenvalue weighted by Crippen LogP contribution is -2.44. The van der Waals surface area contributed by atoms with Crippen molar-refractivity contribution in [1.82, 2.24) is 4.90 Å². The van der Waals surface area contributed by atoms with Gasteiger partial charge in [-0.2, -0.15) is 0 Å². The molecule has 2 amide bonds. The molecule has 0 unspecified atom stereocenters. The minimum absolute atomic E-state index is 0.0648. The highest BCUT2D eigenvalue weighted by Gasteiger charge is 2.29. The molecule has 5 heteroatoms. The summed E-state index contributed by atoms with van der Waals surface area (Å²) < 4.78 is 5.07.